The van der Waals surface area contributed by atoms with Gasteiger partial charge in [-0.2, -0.15) is 0 Å². The molecule has 0 unspecified atom stereocenters. The van der Waals surface area contributed by atoms with Gasteiger partial charge in [-0.1, -0.05) is 0 Å². The van der Waals surface area contributed by atoms with Crippen molar-refractivity contribution in [3.8, 4) is 17.2 Å². The Hall–Kier alpha value is -7.02. The maximum absolute atomic E-state index is 13.3. The van der Waals surface area contributed by atoms with Crippen molar-refractivity contribution in [1.82, 2.24) is 0 Å². The summed E-state index contributed by atoms with van der Waals surface area (Å²) in [6.07, 6.45) is 0. The molecule has 0 saturated heterocycles. The molecule has 13 nitrogen and oxygen atoms in total. The molecule has 0 heterocycles. The Morgan fingerprint density at radius 1 is 0.532 bits per heavy atom. The van der Waals surface area contributed by atoms with Crippen molar-refractivity contribution >= 4 is 46.4 Å². The van der Waals surface area contributed by atoms with E-state index in [9.17, 15) is 39.5 Å². The fraction of sp³-hybridized carbons (Fsp3) is 0. The number of rotatable bonds is 9. The highest BCUT2D eigenvalue weighted by molar-refractivity contribution is 6.13. The zero-order chi connectivity index (χ0) is 33.5. The number of nitrogens with zero attached hydrogens (tertiary/aromatic N) is 1. The van der Waals surface area contributed by atoms with Crippen LogP contribution >= 0.6 is 0 Å². The molecule has 0 aliphatic heterocycles. The zero-order valence-corrected chi connectivity index (χ0v) is 24.2. The Morgan fingerprint density at radius 2 is 0.894 bits per heavy atom. The number of aromatic hydroxyl groups is 2. The average molecular weight is 633 g/mol. The predicted molar refractivity (Wildman–Crippen MR) is 171 cm³/mol. The monoisotopic (exact) mass is 632 g/mol. The number of nitro benzene ring substituents is 1. The van der Waals surface area contributed by atoms with Crippen LogP contribution in [0.1, 0.15) is 41.4 Å². The highest BCUT2D eigenvalue weighted by Gasteiger charge is 2.18. The molecule has 0 bridgehead atoms. The number of ether oxygens (including phenoxy) is 1. The number of phenols is 2. The summed E-state index contributed by atoms with van der Waals surface area (Å²) in [5.74, 6) is -2.48. The van der Waals surface area contributed by atoms with E-state index in [1.165, 1.54) is 115 Å². The minimum Gasteiger partial charge on any atom is -0.508 e. The van der Waals surface area contributed by atoms with Crippen LogP contribution in [0.5, 0.6) is 17.2 Å². The fourth-order valence-corrected chi connectivity index (χ4v) is 4.21. The third kappa shape index (κ3) is 8.13. The van der Waals surface area contributed by atoms with Crippen LogP contribution in [-0.4, -0.2) is 38.8 Å². The largest absolute Gasteiger partial charge is 0.508 e. The molecule has 5 aromatic rings. The van der Waals surface area contributed by atoms with E-state index in [1.807, 2.05) is 0 Å². The number of anilines is 3. The summed E-state index contributed by atoms with van der Waals surface area (Å²) in [7, 11) is 0. The number of carbonyl (C=O) groups excluding carboxylic acids is 4. The summed E-state index contributed by atoms with van der Waals surface area (Å²) in [4.78, 5) is 62.3. The summed E-state index contributed by atoms with van der Waals surface area (Å²) < 4.78 is 5.30. The van der Waals surface area contributed by atoms with Gasteiger partial charge in [0.15, 0.2) is 0 Å². The van der Waals surface area contributed by atoms with Crippen molar-refractivity contribution in [3.05, 3.63) is 148 Å². The van der Waals surface area contributed by atoms with Gasteiger partial charge in [-0.15, -0.1) is 0 Å². The number of non-ortho nitro benzene ring substituents is 1. The average Bonchev–Trinajstić information content (AvgIpc) is 3.07. The molecule has 5 rings (SSSR count). The molecule has 0 fully saturated rings. The molecule has 5 aromatic carbocycles. The van der Waals surface area contributed by atoms with E-state index < -0.39 is 28.6 Å². The number of nitrogens with one attached hydrogen (secondary N) is 3. The molecular formula is C34H24N4O9. The number of amides is 3. The molecule has 13 heteroatoms. The fourth-order valence-electron chi connectivity index (χ4n) is 4.21. The molecule has 3 amide bonds. The van der Waals surface area contributed by atoms with Crippen LogP contribution in [0.3, 0.4) is 0 Å². The molecule has 47 heavy (non-hydrogen) atoms. The Morgan fingerprint density at radius 3 is 1.26 bits per heavy atom. The van der Waals surface area contributed by atoms with Crippen molar-refractivity contribution in [2.45, 2.75) is 0 Å². The summed E-state index contributed by atoms with van der Waals surface area (Å²) >= 11 is 0. The van der Waals surface area contributed by atoms with Crippen LogP contribution in [-0.2, 0) is 0 Å². The SMILES string of the molecule is O=C(Nc1ccc(O)cc1)c1cc(C(=O)Nc2ccc(O)cc2)cc(C(=O)Nc2ccc(OC(=O)c3ccc([N+](=O)[O-])cc3)cc2)c1. The first kappa shape index (κ1) is 31.4. The molecule has 0 aromatic heterocycles. The lowest BCUT2D eigenvalue weighted by Gasteiger charge is -2.12. The second-order valence-corrected chi connectivity index (χ2v) is 9.97. The quantitative estimate of drug-likeness (QED) is 0.0426. The van der Waals surface area contributed by atoms with Crippen LogP contribution in [0.4, 0.5) is 22.7 Å². The van der Waals surface area contributed by atoms with Gasteiger partial charge in [-0.25, -0.2) is 4.79 Å². The van der Waals surface area contributed by atoms with Crippen molar-refractivity contribution in [2.75, 3.05) is 16.0 Å². The van der Waals surface area contributed by atoms with Crippen molar-refractivity contribution in [1.29, 1.82) is 0 Å². The smallest absolute Gasteiger partial charge is 0.343 e. The van der Waals surface area contributed by atoms with Gasteiger partial charge < -0.3 is 30.9 Å². The minimum absolute atomic E-state index is 0.00455. The van der Waals surface area contributed by atoms with Crippen LogP contribution in [0, 0.1) is 10.1 Å². The molecule has 0 saturated carbocycles. The lowest BCUT2D eigenvalue weighted by molar-refractivity contribution is -0.384. The van der Waals surface area contributed by atoms with Crippen LogP contribution in [0.25, 0.3) is 0 Å². The number of carbonyl (C=O) groups is 4. The van der Waals surface area contributed by atoms with Crippen LogP contribution < -0.4 is 20.7 Å². The number of phenolic OH excluding ortho intramolecular Hbond substituents is 2. The van der Waals surface area contributed by atoms with Gasteiger partial charge in [-0.05, 0) is 103 Å². The van der Waals surface area contributed by atoms with E-state index in [4.69, 9.17) is 4.74 Å². The number of hydrogen-bond acceptors (Lipinski definition) is 9. The first-order valence-electron chi connectivity index (χ1n) is 13.8. The lowest BCUT2D eigenvalue weighted by atomic mass is 10.0. The third-order valence-corrected chi connectivity index (χ3v) is 6.61. The summed E-state index contributed by atoms with van der Waals surface area (Å²) in [5, 5.41) is 37.9. The molecule has 0 atom stereocenters. The maximum atomic E-state index is 13.3. The van der Waals surface area contributed by atoms with Gasteiger partial charge in [0.25, 0.3) is 23.4 Å². The van der Waals surface area contributed by atoms with E-state index in [0.29, 0.717) is 17.1 Å². The van der Waals surface area contributed by atoms with Crippen LogP contribution in [0.2, 0.25) is 0 Å². The zero-order valence-electron chi connectivity index (χ0n) is 24.2. The number of benzene rings is 5. The topological polar surface area (TPSA) is 197 Å². The van der Waals surface area contributed by atoms with Crippen molar-refractivity contribution in [3.63, 3.8) is 0 Å². The standard InChI is InChI=1S/C34H24N4O9/c39-28-11-3-24(4-12-28)35-31(41)21-17-22(32(42)36-25-5-13-29(40)14-6-25)19-23(18-21)33(43)37-26-7-15-30(16-8-26)47-34(44)20-1-9-27(10-2-20)38(45)46/h1-19,39-40H,(H,35,41)(H,36,42)(H,37,43). The highest BCUT2D eigenvalue weighted by Crippen LogP contribution is 2.22. The normalized spacial score (nSPS) is 10.4. The van der Waals surface area contributed by atoms with Crippen molar-refractivity contribution in [2.24, 2.45) is 0 Å². The molecule has 234 valence electrons. The van der Waals surface area contributed by atoms with Crippen LogP contribution in [0.15, 0.2) is 115 Å². The minimum atomic E-state index is -0.739. The third-order valence-electron chi connectivity index (χ3n) is 6.61. The van der Waals surface area contributed by atoms with Gasteiger partial charge in [0.05, 0.1) is 10.5 Å². The molecule has 0 aliphatic carbocycles. The Labute approximate surface area is 266 Å². The van der Waals surface area contributed by atoms with Gasteiger partial charge in [-0.3, -0.25) is 24.5 Å². The Balaban J connectivity index is 1.33. The van der Waals surface area contributed by atoms with Gasteiger partial charge >= 0.3 is 5.97 Å². The van der Waals surface area contributed by atoms with E-state index in [2.05, 4.69) is 16.0 Å². The Kier molecular flexibility index (Phi) is 9.18. The second-order valence-electron chi connectivity index (χ2n) is 9.97. The number of hydrogen-bond donors (Lipinski definition) is 5. The molecule has 5 N–H and O–H groups in total. The first-order chi connectivity index (χ1) is 22.5. The van der Waals surface area contributed by atoms with Gasteiger partial charge in [0.1, 0.15) is 17.2 Å². The molecule has 0 aliphatic rings. The molecular weight excluding hydrogens is 608 g/mol. The van der Waals surface area contributed by atoms with Gasteiger partial charge in [0, 0.05) is 45.9 Å². The Bertz CT molecular complexity index is 1900. The summed E-state index contributed by atoms with van der Waals surface area (Å²) in [5.41, 5.74) is 0.944. The van der Waals surface area contributed by atoms with E-state index >= 15 is 0 Å². The summed E-state index contributed by atoms with van der Waals surface area (Å²) in [6.45, 7) is 0. The number of nitro groups is 1. The lowest BCUT2D eigenvalue weighted by Crippen LogP contribution is -2.19. The number of esters is 1. The second kappa shape index (κ2) is 13.7. The van der Waals surface area contributed by atoms with Gasteiger partial charge in [0.2, 0.25) is 0 Å². The van der Waals surface area contributed by atoms with E-state index in [0.717, 1.165) is 0 Å². The first-order valence-corrected chi connectivity index (χ1v) is 13.8. The highest BCUT2D eigenvalue weighted by atomic mass is 16.6. The molecule has 0 spiro atoms. The predicted octanol–water partition coefficient (Wildman–Crippen LogP) is 5.98. The molecule has 0 radical (unpaired) electrons. The van der Waals surface area contributed by atoms with E-state index in [-0.39, 0.29) is 45.2 Å². The van der Waals surface area contributed by atoms with E-state index in [1.54, 1.807) is 0 Å². The maximum Gasteiger partial charge on any atom is 0.343 e. The summed E-state index contributed by atoms with van der Waals surface area (Å²) in [6, 6.07) is 26.1. The van der Waals surface area contributed by atoms with Crippen molar-refractivity contribution < 1.29 is 39.1 Å².